The summed E-state index contributed by atoms with van der Waals surface area (Å²) in [5, 5.41) is 5.69. The van der Waals surface area contributed by atoms with Crippen molar-refractivity contribution in [2.75, 3.05) is 42.6 Å². The number of carbonyl (C=O) groups is 1. The fourth-order valence-electron chi connectivity index (χ4n) is 6.36. The van der Waals surface area contributed by atoms with Crippen LogP contribution < -0.4 is 20.3 Å². The molecule has 39 heavy (non-hydrogen) atoms. The van der Waals surface area contributed by atoms with Crippen molar-refractivity contribution in [3.05, 3.63) is 46.6 Å². The maximum Gasteiger partial charge on any atom is 0.258 e. The van der Waals surface area contributed by atoms with Gasteiger partial charge in [0.1, 0.15) is 17.4 Å². The molecular formula is C29H36ClN7O2. The molecule has 2 unspecified atom stereocenters. The number of benzene rings is 1. The first kappa shape index (κ1) is 25.0. The zero-order valence-corrected chi connectivity index (χ0v) is 23.0. The third-order valence-corrected chi connectivity index (χ3v) is 8.81. The average Bonchev–Trinajstić information content (AvgIpc) is 3.54. The van der Waals surface area contributed by atoms with Crippen LogP contribution in [0.15, 0.2) is 30.3 Å². The van der Waals surface area contributed by atoms with Gasteiger partial charge < -0.3 is 25.2 Å². The van der Waals surface area contributed by atoms with Gasteiger partial charge in [-0.2, -0.15) is 9.61 Å². The smallest absolute Gasteiger partial charge is 0.258 e. The second-order valence-corrected chi connectivity index (χ2v) is 11.9. The number of anilines is 2. The zero-order chi connectivity index (χ0) is 26.5. The van der Waals surface area contributed by atoms with E-state index in [9.17, 15) is 4.79 Å². The molecule has 2 saturated heterocycles. The molecule has 0 radical (unpaired) electrons. The van der Waals surface area contributed by atoms with Crippen LogP contribution in [-0.4, -0.2) is 70.3 Å². The molecule has 2 bridgehead atoms. The van der Waals surface area contributed by atoms with Crippen molar-refractivity contribution in [1.29, 1.82) is 0 Å². The van der Waals surface area contributed by atoms with Gasteiger partial charge in [-0.15, -0.1) is 0 Å². The van der Waals surface area contributed by atoms with E-state index in [0.29, 0.717) is 35.5 Å². The number of hydrogen-bond donors (Lipinski definition) is 1. The SMILES string of the molecule is NC1CCN(c2cc3n4nc(cc4n2)C2CCCCN2C(=O)c2cc(Cl)ccc2OCCCCN3C2CC2)C1. The van der Waals surface area contributed by atoms with E-state index in [2.05, 4.69) is 21.9 Å². The van der Waals surface area contributed by atoms with Crippen molar-refractivity contribution in [3.63, 3.8) is 0 Å². The lowest BCUT2D eigenvalue weighted by atomic mass is 9.98. The van der Waals surface area contributed by atoms with E-state index in [1.807, 2.05) is 15.5 Å². The number of piperidine rings is 1. The van der Waals surface area contributed by atoms with Crippen LogP contribution in [0.3, 0.4) is 0 Å². The fraction of sp³-hybridized carbons (Fsp3) is 0.552. The Morgan fingerprint density at radius 3 is 2.62 bits per heavy atom. The summed E-state index contributed by atoms with van der Waals surface area (Å²) in [4.78, 5) is 25.9. The summed E-state index contributed by atoms with van der Waals surface area (Å²) in [5.41, 5.74) is 8.52. The number of hydrogen-bond acceptors (Lipinski definition) is 7. The fourth-order valence-corrected chi connectivity index (χ4v) is 6.53. The maximum atomic E-state index is 14.0. The van der Waals surface area contributed by atoms with Crippen molar-refractivity contribution in [1.82, 2.24) is 19.5 Å². The molecule has 1 aromatic carbocycles. The number of rotatable bonds is 2. The number of nitrogens with zero attached hydrogens (tertiary/aromatic N) is 6. The summed E-state index contributed by atoms with van der Waals surface area (Å²) in [5.74, 6) is 2.60. The molecule has 1 saturated carbocycles. The topological polar surface area (TPSA) is 92.2 Å². The lowest BCUT2D eigenvalue weighted by molar-refractivity contribution is 0.0601. The minimum Gasteiger partial charge on any atom is -0.493 e. The van der Waals surface area contributed by atoms with E-state index >= 15 is 0 Å². The van der Waals surface area contributed by atoms with E-state index in [4.69, 9.17) is 32.2 Å². The van der Waals surface area contributed by atoms with Gasteiger partial charge in [-0.05, 0) is 69.6 Å². The molecule has 2 atom stereocenters. The van der Waals surface area contributed by atoms with Gasteiger partial charge in [-0.1, -0.05) is 11.6 Å². The summed E-state index contributed by atoms with van der Waals surface area (Å²) in [7, 11) is 0. The first-order valence-electron chi connectivity index (χ1n) is 14.5. The number of aromatic nitrogens is 3. The van der Waals surface area contributed by atoms with Gasteiger partial charge in [0.05, 0.1) is 23.9 Å². The minimum absolute atomic E-state index is 0.0522. The number of nitrogens with two attached hydrogens (primary N) is 1. The van der Waals surface area contributed by atoms with Crippen LogP contribution in [0.1, 0.15) is 73.5 Å². The normalized spacial score (nSPS) is 24.4. The van der Waals surface area contributed by atoms with Crippen LogP contribution in [0, 0.1) is 0 Å². The minimum atomic E-state index is -0.129. The lowest BCUT2D eigenvalue weighted by Gasteiger charge is -2.35. The molecule has 5 heterocycles. The average molecular weight is 550 g/mol. The standard InChI is InChI=1S/C29H36ClN7O2/c30-19-6-9-25-22(15-19)29(38)36-12-2-1-5-24(36)23-16-27-32-26(34-13-10-20(31)18-34)17-28(37(27)33-23)35(21-7-8-21)11-3-4-14-39-25/h6,9,15-17,20-21,24H,1-5,7-8,10-14,18,31H2. The Hall–Kier alpha value is -3.04. The summed E-state index contributed by atoms with van der Waals surface area (Å²) >= 11 is 6.36. The predicted molar refractivity (Wildman–Crippen MR) is 152 cm³/mol. The molecule has 10 heteroatoms. The summed E-state index contributed by atoms with van der Waals surface area (Å²) in [6.45, 7) is 3.88. The van der Waals surface area contributed by atoms with Gasteiger partial charge in [0.2, 0.25) is 0 Å². The lowest BCUT2D eigenvalue weighted by Crippen LogP contribution is -2.39. The number of carbonyl (C=O) groups excluding carboxylic acids is 1. The highest BCUT2D eigenvalue weighted by molar-refractivity contribution is 6.31. The van der Waals surface area contributed by atoms with Gasteiger partial charge in [0, 0.05) is 55.4 Å². The van der Waals surface area contributed by atoms with Crippen molar-refractivity contribution in [3.8, 4) is 5.75 Å². The summed E-state index contributed by atoms with van der Waals surface area (Å²) in [6, 6.07) is 10.2. The molecule has 2 N–H and O–H groups in total. The Bertz CT molecular complexity index is 1390. The van der Waals surface area contributed by atoms with Crippen LogP contribution in [0.5, 0.6) is 5.75 Å². The second kappa shape index (κ2) is 10.2. The van der Waals surface area contributed by atoms with E-state index < -0.39 is 0 Å². The number of halogens is 1. The summed E-state index contributed by atoms with van der Waals surface area (Å²) < 4.78 is 8.21. The van der Waals surface area contributed by atoms with Crippen LogP contribution >= 0.6 is 11.6 Å². The van der Waals surface area contributed by atoms with E-state index in [1.54, 1.807) is 12.1 Å². The molecule has 3 aliphatic heterocycles. The number of fused-ring (bicyclic) bond motifs is 4. The third kappa shape index (κ3) is 4.80. The van der Waals surface area contributed by atoms with Gasteiger partial charge in [-0.25, -0.2) is 4.98 Å². The molecule has 4 aliphatic rings. The van der Waals surface area contributed by atoms with Gasteiger partial charge in [-0.3, -0.25) is 4.79 Å². The molecule has 206 valence electrons. The Kier molecular flexibility index (Phi) is 6.51. The molecule has 2 aromatic heterocycles. The van der Waals surface area contributed by atoms with E-state index in [0.717, 1.165) is 81.1 Å². The molecule has 9 nitrogen and oxygen atoms in total. The quantitative estimate of drug-likeness (QED) is 0.505. The molecule has 1 amide bonds. The van der Waals surface area contributed by atoms with Crippen molar-refractivity contribution in [2.45, 2.75) is 69.5 Å². The highest BCUT2D eigenvalue weighted by Gasteiger charge is 2.35. The monoisotopic (exact) mass is 549 g/mol. The Morgan fingerprint density at radius 2 is 1.79 bits per heavy atom. The van der Waals surface area contributed by atoms with Crippen molar-refractivity contribution in [2.24, 2.45) is 5.73 Å². The maximum absolute atomic E-state index is 14.0. The van der Waals surface area contributed by atoms with Gasteiger partial charge in [0.25, 0.3) is 5.91 Å². The van der Waals surface area contributed by atoms with E-state index in [1.165, 1.54) is 12.8 Å². The van der Waals surface area contributed by atoms with Crippen LogP contribution in [0.25, 0.3) is 5.65 Å². The highest BCUT2D eigenvalue weighted by Crippen LogP contribution is 2.38. The molecule has 3 aromatic rings. The van der Waals surface area contributed by atoms with Gasteiger partial charge in [0.15, 0.2) is 5.65 Å². The predicted octanol–water partition coefficient (Wildman–Crippen LogP) is 4.43. The first-order valence-corrected chi connectivity index (χ1v) is 14.8. The molecular weight excluding hydrogens is 514 g/mol. The Labute approximate surface area is 233 Å². The zero-order valence-electron chi connectivity index (χ0n) is 22.3. The first-order chi connectivity index (χ1) is 19.0. The Balaban J connectivity index is 1.35. The van der Waals surface area contributed by atoms with Crippen molar-refractivity contribution < 1.29 is 9.53 Å². The molecule has 0 spiro atoms. The van der Waals surface area contributed by atoms with Crippen molar-refractivity contribution >= 4 is 34.8 Å². The number of ether oxygens (including phenoxy) is 1. The summed E-state index contributed by atoms with van der Waals surface area (Å²) in [6.07, 6.45) is 8.10. The largest absolute Gasteiger partial charge is 0.493 e. The third-order valence-electron chi connectivity index (χ3n) is 8.57. The second-order valence-electron chi connectivity index (χ2n) is 11.4. The number of amides is 1. The van der Waals surface area contributed by atoms with E-state index in [-0.39, 0.29) is 18.0 Å². The van der Waals surface area contributed by atoms with Gasteiger partial charge >= 0.3 is 0 Å². The van der Waals surface area contributed by atoms with Crippen LogP contribution in [0.4, 0.5) is 11.6 Å². The Morgan fingerprint density at radius 1 is 0.949 bits per heavy atom. The van der Waals surface area contributed by atoms with Crippen LogP contribution in [-0.2, 0) is 0 Å². The molecule has 1 aliphatic carbocycles. The molecule has 7 rings (SSSR count). The van der Waals surface area contributed by atoms with Crippen LogP contribution in [0.2, 0.25) is 5.02 Å². The molecule has 3 fully saturated rings. The highest BCUT2D eigenvalue weighted by atomic mass is 35.5.